The monoisotopic (exact) mass is 488 g/mol. The zero-order chi connectivity index (χ0) is 21.1. The van der Waals surface area contributed by atoms with Crippen molar-refractivity contribution >= 4 is 45.3 Å². The number of phenols is 2. The molecular weight excluding hydrogens is 470 g/mol. The molecule has 0 saturated carbocycles. The van der Waals surface area contributed by atoms with Gasteiger partial charge in [0.25, 0.3) is 5.91 Å². The number of para-hydroxylation sites is 1. The minimum absolute atomic E-state index is 0. The molecule has 32 heavy (non-hydrogen) atoms. The van der Waals surface area contributed by atoms with E-state index in [0.717, 1.165) is 0 Å². The first-order chi connectivity index (χ1) is 14.5. The van der Waals surface area contributed by atoms with E-state index in [1.807, 2.05) is 18.2 Å². The number of rotatable bonds is 4. The maximum absolute atomic E-state index is 12.8. The fraction of sp³-hybridized carbons (Fsp3) is 0. The van der Waals surface area contributed by atoms with Gasteiger partial charge in [0, 0.05) is 33.2 Å². The van der Waals surface area contributed by atoms with E-state index in [9.17, 15) is 15.0 Å². The molecule has 0 aromatic heterocycles. The van der Waals surface area contributed by atoms with Crippen LogP contribution in [0.4, 0.5) is 17.1 Å². The van der Waals surface area contributed by atoms with Crippen LogP contribution in [0.2, 0.25) is 5.02 Å². The molecule has 4 aromatic carbocycles. The van der Waals surface area contributed by atoms with Crippen molar-refractivity contribution in [3.63, 3.8) is 0 Å². The molecule has 0 atom stereocenters. The number of amides is 1. The van der Waals surface area contributed by atoms with Crippen LogP contribution in [0.15, 0.2) is 89.1 Å². The van der Waals surface area contributed by atoms with Gasteiger partial charge >= 0.3 is 0 Å². The molecule has 0 aliphatic rings. The number of anilines is 1. The maximum atomic E-state index is 12.8. The standard InChI is InChI=1S/C23H16ClN3O3.CH3.Fe/c24-15-10-11-20(28)19(13-15)26-27-21-17-9-5-4-6-14(17)12-18(22(21)29)23(30)25-16-7-2-1-3-8-16;;/h1-13,28-29H,(H,25,30);1H3;/q;-1;. The molecule has 0 spiro atoms. The first kappa shape index (κ1) is 24.9. The van der Waals surface area contributed by atoms with Gasteiger partial charge in [-0.2, -0.15) is 0 Å². The smallest absolute Gasteiger partial charge is 0.259 e. The summed E-state index contributed by atoms with van der Waals surface area (Å²) in [6.45, 7) is 0. The van der Waals surface area contributed by atoms with E-state index >= 15 is 0 Å². The van der Waals surface area contributed by atoms with Gasteiger partial charge in [-0.3, -0.25) is 4.79 Å². The number of halogens is 1. The Morgan fingerprint density at radius 2 is 1.56 bits per heavy atom. The van der Waals surface area contributed by atoms with Crippen molar-refractivity contribution in [3.05, 3.63) is 96.9 Å². The van der Waals surface area contributed by atoms with Crippen LogP contribution in [0.5, 0.6) is 11.5 Å². The molecule has 0 unspecified atom stereocenters. The third kappa shape index (κ3) is 5.26. The summed E-state index contributed by atoms with van der Waals surface area (Å²) < 4.78 is 0. The van der Waals surface area contributed by atoms with Gasteiger partial charge in [0.1, 0.15) is 17.1 Å². The number of hydrogen-bond donors (Lipinski definition) is 3. The van der Waals surface area contributed by atoms with Gasteiger partial charge in [-0.25, -0.2) is 0 Å². The van der Waals surface area contributed by atoms with Crippen molar-refractivity contribution in [3.8, 4) is 11.5 Å². The molecule has 4 aromatic rings. The number of aromatic hydroxyl groups is 2. The van der Waals surface area contributed by atoms with E-state index in [0.29, 0.717) is 21.5 Å². The van der Waals surface area contributed by atoms with E-state index in [1.54, 1.807) is 42.5 Å². The van der Waals surface area contributed by atoms with Gasteiger partial charge in [0.2, 0.25) is 0 Å². The number of phenolic OH excluding ortho intramolecular Hbond substituents is 2. The molecule has 6 nitrogen and oxygen atoms in total. The molecule has 0 radical (unpaired) electrons. The number of fused-ring (bicyclic) bond motifs is 1. The first-order valence-electron chi connectivity index (χ1n) is 9.04. The van der Waals surface area contributed by atoms with Gasteiger partial charge in [-0.15, -0.1) is 10.2 Å². The normalized spacial score (nSPS) is 10.4. The summed E-state index contributed by atoms with van der Waals surface area (Å²) in [5.41, 5.74) is 0.916. The minimum atomic E-state index is -0.480. The summed E-state index contributed by atoms with van der Waals surface area (Å²) in [6, 6.07) is 22.1. The molecule has 164 valence electrons. The number of azo groups is 1. The summed E-state index contributed by atoms with van der Waals surface area (Å²) in [5.74, 6) is -0.899. The van der Waals surface area contributed by atoms with Crippen LogP contribution in [-0.2, 0) is 17.1 Å². The van der Waals surface area contributed by atoms with Gasteiger partial charge in [0.05, 0.1) is 5.56 Å². The van der Waals surface area contributed by atoms with Gasteiger partial charge in [0.15, 0.2) is 5.75 Å². The maximum Gasteiger partial charge on any atom is 0.259 e. The second-order valence-corrected chi connectivity index (χ2v) is 6.93. The Balaban J connectivity index is 0.00000181. The number of carbonyl (C=O) groups excluding carboxylic acids is 1. The quantitative estimate of drug-likeness (QED) is 0.164. The van der Waals surface area contributed by atoms with E-state index in [1.165, 1.54) is 18.2 Å². The summed E-state index contributed by atoms with van der Waals surface area (Å²) in [6.07, 6.45) is 0. The molecule has 8 heteroatoms. The zero-order valence-electron chi connectivity index (χ0n) is 16.9. The van der Waals surface area contributed by atoms with Crippen molar-refractivity contribution in [1.82, 2.24) is 0 Å². The Bertz CT molecular complexity index is 1280. The Morgan fingerprint density at radius 1 is 0.875 bits per heavy atom. The molecule has 0 saturated heterocycles. The second-order valence-electron chi connectivity index (χ2n) is 6.50. The third-order valence-electron chi connectivity index (χ3n) is 4.47. The molecule has 0 bridgehead atoms. The summed E-state index contributed by atoms with van der Waals surface area (Å²) >= 11 is 5.95. The third-order valence-corrected chi connectivity index (χ3v) is 4.70. The predicted octanol–water partition coefficient (Wildman–Crippen LogP) is 7.02. The first-order valence-corrected chi connectivity index (χ1v) is 9.42. The van der Waals surface area contributed by atoms with Gasteiger partial charge in [-0.05, 0) is 41.8 Å². The average Bonchev–Trinajstić information content (AvgIpc) is 2.75. The Morgan fingerprint density at radius 3 is 2.31 bits per heavy atom. The van der Waals surface area contributed by atoms with Crippen molar-refractivity contribution < 1.29 is 32.1 Å². The van der Waals surface area contributed by atoms with Crippen LogP contribution < -0.4 is 5.32 Å². The van der Waals surface area contributed by atoms with Crippen LogP contribution >= 0.6 is 11.6 Å². The van der Waals surface area contributed by atoms with Crippen LogP contribution in [-0.4, -0.2) is 16.1 Å². The van der Waals surface area contributed by atoms with Gasteiger partial charge in [-0.1, -0.05) is 54.1 Å². The van der Waals surface area contributed by atoms with E-state index < -0.39 is 5.91 Å². The van der Waals surface area contributed by atoms with Crippen molar-refractivity contribution in [2.45, 2.75) is 0 Å². The molecule has 1 amide bonds. The Labute approximate surface area is 201 Å². The van der Waals surface area contributed by atoms with Crippen LogP contribution in [0.3, 0.4) is 0 Å². The molecule has 4 rings (SSSR count). The van der Waals surface area contributed by atoms with E-state index in [4.69, 9.17) is 11.6 Å². The molecule has 0 aliphatic heterocycles. The predicted molar refractivity (Wildman–Crippen MR) is 124 cm³/mol. The van der Waals surface area contributed by atoms with Crippen LogP contribution in [0.25, 0.3) is 10.8 Å². The number of carbonyl (C=O) groups is 1. The van der Waals surface area contributed by atoms with Gasteiger partial charge < -0.3 is 23.0 Å². The second kappa shape index (κ2) is 10.8. The topological polar surface area (TPSA) is 94.3 Å². The molecule has 3 N–H and O–H groups in total. The molecule has 0 fully saturated rings. The van der Waals surface area contributed by atoms with Crippen molar-refractivity contribution in [1.29, 1.82) is 0 Å². The fourth-order valence-corrected chi connectivity index (χ4v) is 3.16. The largest absolute Gasteiger partial charge is 0.506 e. The zero-order valence-corrected chi connectivity index (χ0v) is 18.8. The SMILES string of the molecule is O=C(Nc1ccccc1)c1cc2ccccc2c(N=Nc2cc(Cl)ccc2O)c1O.[CH3-].[Fe]. The van der Waals surface area contributed by atoms with Crippen LogP contribution in [0.1, 0.15) is 10.4 Å². The summed E-state index contributed by atoms with van der Waals surface area (Å²) in [4.78, 5) is 12.8. The average molecular weight is 489 g/mol. The van der Waals surface area contributed by atoms with Crippen molar-refractivity contribution in [2.75, 3.05) is 5.32 Å². The van der Waals surface area contributed by atoms with E-state index in [2.05, 4.69) is 15.5 Å². The van der Waals surface area contributed by atoms with E-state index in [-0.39, 0.29) is 52.9 Å². The molecular formula is C24H19ClFeN3O3-. The fourth-order valence-electron chi connectivity index (χ4n) is 2.99. The molecule has 0 aliphatic carbocycles. The summed E-state index contributed by atoms with van der Waals surface area (Å²) in [7, 11) is 0. The van der Waals surface area contributed by atoms with Crippen LogP contribution in [0, 0.1) is 7.43 Å². The number of nitrogens with one attached hydrogen (secondary N) is 1. The van der Waals surface area contributed by atoms with Crippen molar-refractivity contribution in [2.24, 2.45) is 10.2 Å². The number of hydrogen-bond acceptors (Lipinski definition) is 5. The molecule has 0 heterocycles. The Hall–Kier alpha value is -3.38. The number of nitrogens with zero attached hydrogens (tertiary/aromatic N) is 2. The summed E-state index contributed by atoms with van der Waals surface area (Å²) in [5, 5.41) is 33.4. The number of benzene rings is 4. The minimum Gasteiger partial charge on any atom is -0.506 e. The Kier molecular flexibility index (Phi) is 8.38.